The molecule has 0 unspecified atom stereocenters. The Morgan fingerprint density at radius 1 is 1.04 bits per heavy atom. The van der Waals surface area contributed by atoms with Crippen LogP contribution in [0.3, 0.4) is 0 Å². The number of aromatic nitrogens is 3. The zero-order chi connectivity index (χ0) is 20.5. The van der Waals surface area contributed by atoms with E-state index in [9.17, 15) is 9.59 Å². The predicted molar refractivity (Wildman–Crippen MR) is 105 cm³/mol. The van der Waals surface area contributed by atoms with Crippen molar-refractivity contribution in [2.24, 2.45) is 0 Å². The second kappa shape index (κ2) is 7.57. The first-order chi connectivity index (χ1) is 13.1. The molecule has 0 atom stereocenters. The molecule has 2 amide bonds. The molecule has 9 heteroatoms. The number of carbonyl (C=O) groups is 2. The molecule has 8 nitrogen and oxygen atoms in total. The Morgan fingerprint density at radius 2 is 1.64 bits per heavy atom. The third-order valence-electron chi connectivity index (χ3n) is 4.38. The Kier molecular flexibility index (Phi) is 5.51. The van der Waals surface area contributed by atoms with Crippen LogP contribution in [0.4, 0.5) is 0 Å². The van der Waals surface area contributed by atoms with Crippen LogP contribution in [0.15, 0.2) is 30.5 Å². The van der Waals surface area contributed by atoms with Crippen molar-refractivity contribution in [3.8, 4) is 0 Å². The van der Waals surface area contributed by atoms with Crippen LogP contribution in [0.25, 0.3) is 0 Å². The highest BCUT2D eigenvalue weighted by Crippen LogP contribution is 2.29. The number of hydroxylamine groups is 2. The lowest BCUT2D eigenvalue weighted by Gasteiger charge is -2.30. The molecule has 0 spiro atoms. The predicted octanol–water partition coefficient (Wildman–Crippen LogP) is 2.06. The summed E-state index contributed by atoms with van der Waals surface area (Å²) in [5.41, 5.74) is 1.01. The summed E-state index contributed by atoms with van der Waals surface area (Å²) in [7, 11) is -0.766. The van der Waals surface area contributed by atoms with Gasteiger partial charge in [0.25, 0.3) is 11.8 Å². The largest absolute Gasteiger partial charge is 0.413 e. The van der Waals surface area contributed by atoms with E-state index >= 15 is 0 Å². The number of amides is 2. The van der Waals surface area contributed by atoms with E-state index in [-0.39, 0.29) is 11.6 Å². The van der Waals surface area contributed by atoms with Crippen LogP contribution < -0.4 is 0 Å². The second-order valence-corrected chi connectivity index (χ2v) is 11.2. The summed E-state index contributed by atoms with van der Waals surface area (Å²) in [5.74, 6) is -0.890. The van der Waals surface area contributed by atoms with Gasteiger partial charge in [-0.2, -0.15) is 0 Å². The van der Waals surface area contributed by atoms with E-state index in [1.165, 1.54) is 0 Å². The fourth-order valence-corrected chi connectivity index (χ4v) is 3.80. The van der Waals surface area contributed by atoms with E-state index < -0.39 is 27.2 Å². The van der Waals surface area contributed by atoms with Crippen molar-refractivity contribution in [3.63, 3.8) is 0 Å². The first-order valence-electron chi connectivity index (χ1n) is 9.24. The molecule has 150 valence electrons. The van der Waals surface area contributed by atoms with Crippen LogP contribution in [0.5, 0.6) is 0 Å². The van der Waals surface area contributed by atoms with Gasteiger partial charge in [0, 0.05) is 0 Å². The highest BCUT2D eigenvalue weighted by atomic mass is 28.2. The standard InChI is InChI=1S/C19H26N4O4Si/c1-18(2,3)28-27-19(4,5)15-12-20-21-22(15)10-11-26-23-16(24)13-8-6-7-9-14(13)17(23)25/h6-9,12H,10-11,28H2,1-5H3. The Labute approximate surface area is 166 Å². The van der Waals surface area contributed by atoms with Crippen LogP contribution in [0.2, 0.25) is 5.04 Å². The maximum Gasteiger partial charge on any atom is 0.285 e. The molecule has 1 aliphatic heterocycles. The van der Waals surface area contributed by atoms with Crippen molar-refractivity contribution < 1.29 is 18.9 Å². The molecule has 0 saturated heterocycles. The lowest BCUT2D eigenvalue weighted by Crippen LogP contribution is -2.33. The van der Waals surface area contributed by atoms with Crippen LogP contribution in [0, 0.1) is 0 Å². The Balaban J connectivity index is 1.62. The van der Waals surface area contributed by atoms with Gasteiger partial charge in [-0.1, -0.05) is 38.1 Å². The fourth-order valence-electron chi connectivity index (χ4n) is 2.86. The van der Waals surface area contributed by atoms with Gasteiger partial charge in [-0.3, -0.25) is 14.4 Å². The number of nitrogens with zero attached hydrogens (tertiary/aromatic N) is 4. The molecule has 1 aromatic heterocycles. The number of fused-ring (bicyclic) bond motifs is 1. The van der Waals surface area contributed by atoms with Crippen LogP contribution in [-0.4, -0.2) is 48.2 Å². The van der Waals surface area contributed by atoms with Crippen molar-refractivity contribution in [3.05, 3.63) is 47.3 Å². The third kappa shape index (κ3) is 4.21. The number of carbonyl (C=O) groups excluding carboxylic acids is 2. The Hall–Kier alpha value is -2.36. The maximum atomic E-state index is 12.3. The van der Waals surface area contributed by atoms with Crippen LogP contribution in [-0.2, 0) is 21.4 Å². The van der Waals surface area contributed by atoms with Crippen molar-refractivity contribution in [2.45, 2.75) is 51.8 Å². The van der Waals surface area contributed by atoms with E-state index in [1.54, 1.807) is 35.1 Å². The molecule has 0 aliphatic carbocycles. The molecule has 1 aliphatic rings. The molecule has 2 aromatic rings. The number of imide groups is 1. The van der Waals surface area contributed by atoms with Crippen molar-refractivity contribution in [2.75, 3.05) is 6.61 Å². The van der Waals surface area contributed by atoms with Gasteiger partial charge in [0.15, 0.2) is 9.76 Å². The lowest BCUT2D eigenvalue weighted by atomic mass is 10.1. The van der Waals surface area contributed by atoms with E-state index in [4.69, 9.17) is 9.26 Å². The summed E-state index contributed by atoms with van der Waals surface area (Å²) in [4.78, 5) is 30.1. The molecule has 0 saturated carbocycles. The topological polar surface area (TPSA) is 86.6 Å². The molecular weight excluding hydrogens is 376 g/mol. The summed E-state index contributed by atoms with van der Waals surface area (Å²) >= 11 is 0. The minimum Gasteiger partial charge on any atom is -0.413 e. The third-order valence-corrected chi connectivity index (χ3v) is 6.11. The van der Waals surface area contributed by atoms with Gasteiger partial charge in [0.1, 0.15) is 0 Å². The average molecular weight is 403 g/mol. The Bertz CT molecular complexity index is 853. The van der Waals surface area contributed by atoms with Crippen molar-refractivity contribution in [1.82, 2.24) is 20.1 Å². The van der Waals surface area contributed by atoms with E-state index in [0.717, 1.165) is 10.8 Å². The van der Waals surface area contributed by atoms with Gasteiger partial charge in [-0.25, -0.2) is 4.68 Å². The molecule has 0 fully saturated rings. The lowest BCUT2D eigenvalue weighted by molar-refractivity contribution is -0.0946. The number of rotatable bonds is 7. The zero-order valence-corrected chi connectivity index (χ0v) is 18.3. The molecule has 3 rings (SSSR count). The fraction of sp³-hybridized carbons (Fsp3) is 0.474. The average Bonchev–Trinajstić information content (AvgIpc) is 3.19. The first kappa shape index (κ1) is 20.4. The SMILES string of the molecule is CC(C)(C)[SiH2]OC(C)(C)c1cnnn1CCON1C(=O)c2ccccc2C1=O. The smallest absolute Gasteiger partial charge is 0.285 e. The number of hydrogen-bond donors (Lipinski definition) is 0. The minimum atomic E-state index is -0.766. The van der Waals surface area contributed by atoms with E-state index in [1.807, 2.05) is 13.8 Å². The molecule has 28 heavy (non-hydrogen) atoms. The van der Waals surface area contributed by atoms with Gasteiger partial charge in [-0.15, -0.1) is 10.2 Å². The number of hydrogen-bond acceptors (Lipinski definition) is 6. The van der Waals surface area contributed by atoms with Gasteiger partial charge < -0.3 is 4.43 Å². The van der Waals surface area contributed by atoms with Crippen molar-refractivity contribution in [1.29, 1.82) is 0 Å². The maximum absolute atomic E-state index is 12.3. The van der Waals surface area contributed by atoms with Gasteiger partial charge in [0.2, 0.25) is 0 Å². The summed E-state index contributed by atoms with van der Waals surface area (Å²) in [6, 6.07) is 6.68. The summed E-state index contributed by atoms with van der Waals surface area (Å²) in [6.45, 7) is 10.9. The monoisotopic (exact) mass is 402 g/mol. The normalized spacial score (nSPS) is 15.1. The summed E-state index contributed by atoms with van der Waals surface area (Å²) in [5, 5.41) is 9.08. The van der Waals surface area contributed by atoms with Gasteiger partial charge >= 0.3 is 0 Å². The minimum absolute atomic E-state index is 0.106. The van der Waals surface area contributed by atoms with Crippen LogP contribution >= 0.6 is 0 Å². The highest BCUT2D eigenvalue weighted by molar-refractivity contribution is 6.31. The quantitative estimate of drug-likeness (QED) is 0.520. The molecule has 2 heterocycles. The summed E-state index contributed by atoms with van der Waals surface area (Å²) in [6.07, 6.45) is 1.68. The van der Waals surface area contributed by atoms with E-state index in [0.29, 0.717) is 17.7 Å². The van der Waals surface area contributed by atoms with Crippen LogP contribution in [0.1, 0.15) is 61.0 Å². The molecule has 0 N–H and O–H groups in total. The zero-order valence-electron chi connectivity index (χ0n) is 16.9. The van der Waals surface area contributed by atoms with E-state index in [2.05, 4.69) is 31.1 Å². The van der Waals surface area contributed by atoms with Gasteiger partial charge in [-0.05, 0) is 31.0 Å². The van der Waals surface area contributed by atoms with Gasteiger partial charge in [0.05, 0.1) is 41.8 Å². The molecule has 1 aromatic carbocycles. The Morgan fingerprint density at radius 3 is 2.21 bits per heavy atom. The number of benzene rings is 1. The second-order valence-electron chi connectivity index (χ2n) is 8.49. The summed E-state index contributed by atoms with van der Waals surface area (Å²) < 4.78 is 7.90. The molecular formula is C19H26N4O4Si. The highest BCUT2D eigenvalue weighted by Gasteiger charge is 2.36. The first-order valence-corrected chi connectivity index (χ1v) is 10.5. The molecule has 0 bridgehead atoms. The van der Waals surface area contributed by atoms with Crippen molar-refractivity contribution >= 4 is 21.6 Å². The molecule has 0 radical (unpaired) electrons.